The highest BCUT2D eigenvalue weighted by molar-refractivity contribution is 6.20. The topological polar surface area (TPSA) is 29.1 Å². The second kappa shape index (κ2) is 6.68. The lowest BCUT2D eigenvalue weighted by Crippen LogP contribution is -2.38. The summed E-state index contributed by atoms with van der Waals surface area (Å²) in [5.74, 6) is 3.01. The van der Waals surface area contributed by atoms with Crippen molar-refractivity contribution in [3.05, 3.63) is 0 Å². The minimum atomic E-state index is 0.294. The Labute approximate surface area is 128 Å². The Morgan fingerprint density at radius 3 is 2.50 bits per heavy atom. The van der Waals surface area contributed by atoms with E-state index in [9.17, 15) is 4.79 Å². The monoisotopic (exact) mass is 297 g/mol. The molecule has 0 heterocycles. The average molecular weight is 298 g/mol. The van der Waals surface area contributed by atoms with Gasteiger partial charge in [-0.05, 0) is 56.3 Å². The van der Waals surface area contributed by atoms with E-state index >= 15 is 0 Å². The van der Waals surface area contributed by atoms with Gasteiger partial charge in [0.15, 0.2) is 0 Å². The van der Waals surface area contributed by atoms with Gasteiger partial charge in [0.1, 0.15) is 0 Å². The summed E-state index contributed by atoms with van der Waals surface area (Å²) in [7, 11) is 0. The number of rotatable bonds is 3. The first-order valence-electron chi connectivity index (χ1n) is 8.64. The molecule has 3 fully saturated rings. The molecule has 0 aromatic carbocycles. The number of carbonyl (C=O) groups excluding carboxylic acids is 1. The molecule has 0 aliphatic heterocycles. The predicted octanol–water partition coefficient (Wildman–Crippen LogP) is 4.12. The summed E-state index contributed by atoms with van der Waals surface area (Å²) in [5.41, 5.74) is 0. The van der Waals surface area contributed by atoms with E-state index in [0.29, 0.717) is 23.1 Å². The molecule has 2 nitrogen and oxygen atoms in total. The van der Waals surface area contributed by atoms with Crippen LogP contribution >= 0.6 is 11.6 Å². The molecule has 3 saturated carbocycles. The fraction of sp³-hybridized carbons (Fsp3) is 0.941. The lowest BCUT2D eigenvalue weighted by Gasteiger charge is -2.38. The number of alkyl halides is 1. The Morgan fingerprint density at radius 2 is 1.75 bits per heavy atom. The highest BCUT2D eigenvalue weighted by Gasteiger charge is 2.35. The standard InChI is InChI=1S/C17H28ClNO/c18-16-8-5-12(9-16)11-19-17(20)15-7-6-13-3-1-2-4-14(13)10-15/h12-16H,1-11H2,(H,19,20). The second-order valence-electron chi connectivity index (χ2n) is 7.34. The van der Waals surface area contributed by atoms with E-state index in [4.69, 9.17) is 11.6 Å². The summed E-state index contributed by atoms with van der Waals surface area (Å²) in [6, 6.07) is 0. The molecule has 3 rings (SSSR count). The number of hydrogen-bond donors (Lipinski definition) is 1. The third kappa shape index (κ3) is 3.50. The first kappa shape index (κ1) is 14.7. The molecule has 0 aromatic rings. The van der Waals surface area contributed by atoms with Gasteiger partial charge in [0.05, 0.1) is 0 Å². The summed E-state index contributed by atoms with van der Waals surface area (Å²) in [6.07, 6.45) is 12.5. The summed E-state index contributed by atoms with van der Waals surface area (Å²) < 4.78 is 0. The lowest BCUT2D eigenvalue weighted by molar-refractivity contribution is -0.127. The summed E-state index contributed by atoms with van der Waals surface area (Å²) >= 11 is 6.13. The number of fused-ring (bicyclic) bond motifs is 1. The fourth-order valence-electron chi connectivity index (χ4n) is 4.70. The van der Waals surface area contributed by atoms with Crippen LogP contribution in [0.5, 0.6) is 0 Å². The zero-order valence-electron chi connectivity index (χ0n) is 12.5. The van der Waals surface area contributed by atoms with Gasteiger partial charge in [0, 0.05) is 17.8 Å². The van der Waals surface area contributed by atoms with Crippen LogP contribution in [0.15, 0.2) is 0 Å². The molecule has 114 valence electrons. The normalized spacial score (nSPS) is 41.1. The van der Waals surface area contributed by atoms with Gasteiger partial charge in [-0.25, -0.2) is 0 Å². The Kier molecular flexibility index (Phi) is 4.91. The van der Waals surface area contributed by atoms with Crippen LogP contribution in [0.25, 0.3) is 0 Å². The van der Waals surface area contributed by atoms with Gasteiger partial charge in [-0.3, -0.25) is 4.79 Å². The third-order valence-corrected chi connectivity index (χ3v) is 6.35. The number of nitrogens with one attached hydrogen (secondary N) is 1. The van der Waals surface area contributed by atoms with Gasteiger partial charge in [0.25, 0.3) is 0 Å². The first-order chi connectivity index (χ1) is 9.72. The van der Waals surface area contributed by atoms with Crippen molar-refractivity contribution in [3.8, 4) is 0 Å². The molecule has 1 N–H and O–H groups in total. The molecule has 3 aliphatic carbocycles. The van der Waals surface area contributed by atoms with E-state index < -0.39 is 0 Å². The van der Waals surface area contributed by atoms with Crippen LogP contribution in [0.4, 0.5) is 0 Å². The molecular formula is C17H28ClNO. The zero-order valence-corrected chi connectivity index (χ0v) is 13.2. The van der Waals surface area contributed by atoms with Crippen molar-refractivity contribution >= 4 is 17.5 Å². The number of hydrogen-bond acceptors (Lipinski definition) is 1. The van der Waals surface area contributed by atoms with Crippen molar-refractivity contribution in [1.82, 2.24) is 5.32 Å². The summed E-state index contributed by atoms with van der Waals surface area (Å²) in [4.78, 5) is 12.4. The van der Waals surface area contributed by atoms with E-state index in [1.54, 1.807) is 0 Å². The van der Waals surface area contributed by atoms with E-state index in [0.717, 1.165) is 44.1 Å². The largest absolute Gasteiger partial charge is 0.356 e. The van der Waals surface area contributed by atoms with Crippen molar-refractivity contribution < 1.29 is 4.79 Å². The van der Waals surface area contributed by atoms with Gasteiger partial charge < -0.3 is 5.32 Å². The van der Waals surface area contributed by atoms with E-state index in [1.807, 2.05) is 0 Å². The van der Waals surface area contributed by atoms with E-state index in [2.05, 4.69) is 5.32 Å². The van der Waals surface area contributed by atoms with Crippen molar-refractivity contribution in [1.29, 1.82) is 0 Å². The summed E-state index contributed by atoms with van der Waals surface area (Å²) in [5, 5.41) is 3.56. The van der Waals surface area contributed by atoms with Gasteiger partial charge >= 0.3 is 0 Å². The highest BCUT2D eigenvalue weighted by Crippen LogP contribution is 2.42. The van der Waals surface area contributed by atoms with E-state index in [-0.39, 0.29) is 0 Å². The van der Waals surface area contributed by atoms with Gasteiger partial charge in [-0.15, -0.1) is 11.6 Å². The van der Waals surface area contributed by atoms with Crippen LogP contribution in [0.3, 0.4) is 0 Å². The quantitative estimate of drug-likeness (QED) is 0.780. The van der Waals surface area contributed by atoms with Crippen LogP contribution in [-0.4, -0.2) is 17.8 Å². The highest BCUT2D eigenvalue weighted by atomic mass is 35.5. The summed E-state index contributed by atoms with van der Waals surface area (Å²) in [6.45, 7) is 0.854. The number of halogens is 1. The maximum absolute atomic E-state index is 12.4. The Hall–Kier alpha value is -0.240. The smallest absolute Gasteiger partial charge is 0.223 e. The molecule has 1 amide bonds. The third-order valence-electron chi connectivity index (χ3n) is 5.95. The van der Waals surface area contributed by atoms with Crippen LogP contribution in [0.2, 0.25) is 0 Å². The molecule has 5 unspecified atom stereocenters. The molecule has 0 saturated heterocycles. The molecular weight excluding hydrogens is 270 g/mol. The van der Waals surface area contributed by atoms with Crippen molar-refractivity contribution in [2.45, 2.75) is 69.6 Å². The molecule has 3 heteroatoms. The van der Waals surface area contributed by atoms with Crippen molar-refractivity contribution in [2.24, 2.45) is 23.7 Å². The Bertz CT molecular complexity index is 346. The van der Waals surface area contributed by atoms with Crippen LogP contribution in [0.1, 0.15) is 64.2 Å². The number of amides is 1. The minimum absolute atomic E-state index is 0.294. The molecule has 0 radical (unpaired) electrons. The van der Waals surface area contributed by atoms with Crippen LogP contribution < -0.4 is 5.32 Å². The number of carbonyl (C=O) groups is 1. The zero-order chi connectivity index (χ0) is 13.9. The average Bonchev–Trinajstić information content (AvgIpc) is 2.90. The maximum Gasteiger partial charge on any atom is 0.223 e. The van der Waals surface area contributed by atoms with E-state index in [1.165, 1.54) is 38.5 Å². The van der Waals surface area contributed by atoms with Crippen LogP contribution in [-0.2, 0) is 4.79 Å². The predicted molar refractivity (Wildman–Crippen MR) is 82.8 cm³/mol. The lowest BCUT2D eigenvalue weighted by atomic mass is 9.67. The Morgan fingerprint density at radius 1 is 0.950 bits per heavy atom. The van der Waals surface area contributed by atoms with Crippen molar-refractivity contribution in [3.63, 3.8) is 0 Å². The minimum Gasteiger partial charge on any atom is -0.356 e. The van der Waals surface area contributed by atoms with Gasteiger partial charge in [0.2, 0.25) is 5.91 Å². The molecule has 20 heavy (non-hydrogen) atoms. The molecule has 0 aromatic heterocycles. The molecule has 3 aliphatic rings. The molecule has 0 spiro atoms. The van der Waals surface area contributed by atoms with Gasteiger partial charge in [-0.2, -0.15) is 0 Å². The van der Waals surface area contributed by atoms with Gasteiger partial charge in [-0.1, -0.05) is 25.7 Å². The maximum atomic E-state index is 12.4. The molecule has 0 bridgehead atoms. The Balaban J connectivity index is 1.43. The fourth-order valence-corrected chi connectivity index (χ4v) is 5.08. The van der Waals surface area contributed by atoms with Crippen LogP contribution in [0, 0.1) is 23.7 Å². The molecule has 5 atom stereocenters. The SMILES string of the molecule is O=C(NCC1CCC(Cl)C1)C1CCC2CCCCC2C1. The van der Waals surface area contributed by atoms with Crippen molar-refractivity contribution in [2.75, 3.05) is 6.54 Å². The second-order valence-corrected chi connectivity index (χ2v) is 7.95. The first-order valence-corrected chi connectivity index (χ1v) is 9.08.